The van der Waals surface area contributed by atoms with Crippen LogP contribution in [0.1, 0.15) is 25.3 Å². The number of anilines is 1. The highest BCUT2D eigenvalue weighted by molar-refractivity contribution is 7.99. The Morgan fingerprint density at radius 3 is 2.42 bits per heavy atom. The summed E-state index contributed by atoms with van der Waals surface area (Å²) in [6.07, 6.45) is 0. The maximum Gasteiger partial charge on any atom is 0.0478 e. The molecule has 0 aliphatic rings. The third-order valence-corrected chi connectivity index (χ3v) is 4.11. The molecule has 1 nitrogen and oxygen atoms in total. The molecule has 0 spiro atoms. The second-order valence-corrected chi connectivity index (χ2v) is 5.93. The van der Waals surface area contributed by atoms with Crippen molar-refractivity contribution in [3.8, 4) is 0 Å². The van der Waals surface area contributed by atoms with E-state index in [0.717, 1.165) is 12.3 Å². The molecular weight excluding hydrogens is 250 g/mol. The molecule has 2 rings (SSSR count). The third-order valence-electron chi connectivity index (χ3n) is 3.15. The number of thioether (sulfide) groups is 1. The minimum atomic E-state index is 0.515. The lowest BCUT2D eigenvalue weighted by Crippen LogP contribution is -2.10. The van der Waals surface area contributed by atoms with E-state index in [1.807, 2.05) is 11.8 Å². The predicted octanol–water partition coefficient (Wildman–Crippen LogP) is 5.01. The van der Waals surface area contributed by atoms with Crippen LogP contribution in [0.5, 0.6) is 0 Å². The first-order valence-corrected chi connectivity index (χ1v) is 7.80. The number of rotatable bonds is 6. The van der Waals surface area contributed by atoms with Gasteiger partial charge in [0.25, 0.3) is 0 Å². The summed E-state index contributed by atoms with van der Waals surface area (Å²) in [4.78, 5) is 1.34. The van der Waals surface area contributed by atoms with Crippen molar-refractivity contribution in [3.63, 3.8) is 0 Å². The van der Waals surface area contributed by atoms with Gasteiger partial charge in [0.15, 0.2) is 0 Å². The highest BCUT2D eigenvalue weighted by Crippen LogP contribution is 2.27. The molecule has 2 aromatic carbocycles. The lowest BCUT2D eigenvalue weighted by atomic mass is 10.0. The van der Waals surface area contributed by atoms with Gasteiger partial charge < -0.3 is 5.32 Å². The van der Waals surface area contributed by atoms with Crippen LogP contribution in [-0.2, 0) is 0 Å². The lowest BCUT2D eigenvalue weighted by Gasteiger charge is -2.16. The second kappa shape index (κ2) is 7.25. The Morgan fingerprint density at radius 2 is 1.68 bits per heavy atom. The average Bonchev–Trinajstić information content (AvgIpc) is 2.47. The molecule has 0 radical (unpaired) electrons. The maximum atomic E-state index is 3.58. The Bertz CT molecular complexity index is 496. The fraction of sp³-hybridized carbons (Fsp3) is 0.294. The Kier molecular flexibility index (Phi) is 5.34. The van der Waals surface area contributed by atoms with Crippen LogP contribution in [0.4, 0.5) is 5.69 Å². The van der Waals surface area contributed by atoms with Crippen LogP contribution in [0, 0.1) is 0 Å². The first-order valence-electron chi connectivity index (χ1n) is 6.82. The molecule has 0 amide bonds. The Morgan fingerprint density at radius 1 is 1.00 bits per heavy atom. The van der Waals surface area contributed by atoms with Crippen molar-refractivity contribution in [3.05, 3.63) is 60.2 Å². The highest BCUT2D eigenvalue weighted by atomic mass is 32.2. The molecule has 2 heteroatoms. The molecule has 1 unspecified atom stereocenters. The molecular formula is C17H21NS. The molecule has 1 N–H and O–H groups in total. The summed E-state index contributed by atoms with van der Waals surface area (Å²) in [6.45, 7) is 5.41. The summed E-state index contributed by atoms with van der Waals surface area (Å²) < 4.78 is 0. The minimum Gasteiger partial charge on any atom is -0.384 e. The van der Waals surface area contributed by atoms with Gasteiger partial charge in [0.05, 0.1) is 0 Å². The number of benzene rings is 2. The van der Waals surface area contributed by atoms with Gasteiger partial charge in [-0.15, -0.1) is 11.8 Å². The van der Waals surface area contributed by atoms with Crippen molar-refractivity contribution in [2.24, 2.45) is 0 Å². The van der Waals surface area contributed by atoms with Crippen LogP contribution in [-0.4, -0.2) is 12.3 Å². The summed E-state index contributed by atoms with van der Waals surface area (Å²) >= 11 is 1.89. The molecule has 0 aromatic heterocycles. The van der Waals surface area contributed by atoms with E-state index < -0.39 is 0 Å². The van der Waals surface area contributed by atoms with E-state index in [0.29, 0.717) is 5.92 Å². The molecule has 0 fully saturated rings. The standard InChI is InChI=1S/C17H21NS/c1-3-19-17-12-8-7-11-16(17)18-13-14(2)15-9-5-4-6-10-15/h4-12,14,18H,3,13H2,1-2H3. The van der Waals surface area contributed by atoms with Gasteiger partial charge in [-0.25, -0.2) is 0 Å². The summed E-state index contributed by atoms with van der Waals surface area (Å²) in [5.41, 5.74) is 2.63. The molecule has 19 heavy (non-hydrogen) atoms. The van der Waals surface area contributed by atoms with Gasteiger partial charge in [0, 0.05) is 17.1 Å². The number of para-hydroxylation sites is 1. The molecule has 0 bridgehead atoms. The van der Waals surface area contributed by atoms with Crippen molar-refractivity contribution in [2.45, 2.75) is 24.7 Å². The van der Waals surface area contributed by atoms with Crippen LogP contribution in [0.2, 0.25) is 0 Å². The van der Waals surface area contributed by atoms with Crippen molar-refractivity contribution < 1.29 is 0 Å². The summed E-state index contributed by atoms with van der Waals surface area (Å²) in [6, 6.07) is 19.2. The van der Waals surface area contributed by atoms with Gasteiger partial charge >= 0.3 is 0 Å². The van der Waals surface area contributed by atoms with E-state index in [4.69, 9.17) is 0 Å². The van der Waals surface area contributed by atoms with Gasteiger partial charge in [-0.2, -0.15) is 0 Å². The van der Waals surface area contributed by atoms with E-state index in [9.17, 15) is 0 Å². The predicted molar refractivity (Wildman–Crippen MR) is 86.2 cm³/mol. The maximum absolute atomic E-state index is 3.58. The van der Waals surface area contributed by atoms with E-state index in [1.165, 1.54) is 16.1 Å². The quantitative estimate of drug-likeness (QED) is 0.741. The molecule has 0 saturated heterocycles. The molecule has 100 valence electrons. The summed E-state index contributed by atoms with van der Waals surface area (Å²) in [5, 5.41) is 3.58. The first-order chi connectivity index (χ1) is 9.31. The third kappa shape index (κ3) is 4.03. The van der Waals surface area contributed by atoms with Crippen LogP contribution in [0.15, 0.2) is 59.5 Å². The zero-order chi connectivity index (χ0) is 13.5. The fourth-order valence-corrected chi connectivity index (χ4v) is 2.84. The van der Waals surface area contributed by atoms with Crippen molar-refractivity contribution in [1.82, 2.24) is 0 Å². The fourth-order valence-electron chi connectivity index (χ4n) is 2.06. The van der Waals surface area contributed by atoms with E-state index in [1.54, 1.807) is 0 Å². The second-order valence-electron chi connectivity index (χ2n) is 4.62. The van der Waals surface area contributed by atoms with E-state index in [-0.39, 0.29) is 0 Å². The number of hydrogen-bond donors (Lipinski definition) is 1. The van der Waals surface area contributed by atoms with Gasteiger partial charge in [0.1, 0.15) is 0 Å². The van der Waals surface area contributed by atoms with Gasteiger partial charge in [-0.3, -0.25) is 0 Å². The van der Waals surface area contributed by atoms with E-state index >= 15 is 0 Å². The van der Waals surface area contributed by atoms with Crippen LogP contribution in [0.3, 0.4) is 0 Å². The lowest BCUT2D eigenvalue weighted by molar-refractivity contribution is 0.803. The Balaban J connectivity index is 1.99. The van der Waals surface area contributed by atoms with Crippen LogP contribution < -0.4 is 5.32 Å². The highest BCUT2D eigenvalue weighted by Gasteiger charge is 2.06. The first kappa shape index (κ1) is 14.0. The van der Waals surface area contributed by atoms with Crippen molar-refractivity contribution >= 4 is 17.4 Å². The summed E-state index contributed by atoms with van der Waals surface area (Å²) in [5.74, 6) is 1.62. The topological polar surface area (TPSA) is 12.0 Å². The zero-order valence-electron chi connectivity index (χ0n) is 11.6. The van der Waals surface area contributed by atoms with Gasteiger partial charge in [-0.05, 0) is 29.4 Å². The van der Waals surface area contributed by atoms with Gasteiger partial charge in [-0.1, -0.05) is 56.3 Å². The molecule has 0 aliphatic heterocycles. The Hall–Kier alpha value is -1.41. The zero-order valence-corrected chi connectivity index (χ0v) is 12.4. The number of hydrogen-bond acceptors (Lipinski definition) is 2. The van der Waals surface area contributed by atoms with Crippen LogP contribution in [0.25, 0.3) is 0 Å². The van der Waals surface area contributed by atoms with E-state index in [2.05, 4.69) is 73.8 Å². The molecule has 2 aromatic rings. The molecule has 0 heterocycles. The van der Waals surface area contributed by atoms with Crippen molar-refractivity contribution in [2.75, 3.05) is 17.6 Å². The molecule has 1 atom stereocenters. The average molecular weight is 271 g/mol. The van der Waals surface area contributed by atoms with Crippen molar-refractivity contribution in [1.29, 1.82) is 0 Å². The minimum absolute atomic E-state index is 0.515. The normalized spacial score (nSPS) is 12.1. The van der Waals surface area contributed by atoms with Crippen LogP contribution >= 0.6 is 11.8 Å². The molecule has 0 saturated carbocycles. The summed E-state index contributed by atoms with van der Waals surface area (Å²) in [7, 11) is 0. The number of nitrogens with one attached hydrogen (secondary N) is 1. The monoisotopic (exact) mass is 271 g/mol. The Labute approximate surface area is 120 Å². The SMILES string of the molecule is CCSc1ccccc1NCC(C)c1ccccc1. The smallest absolute Gasteiger partial charge is 0.0478 e. The van der Waals surface area contributed by atoms with Gasteiger partial charge in [0.2, 0.25) is 0 Å². The largest absolute Gasteiger partial charge is 0.384 e. The molecule has 0 aliphatic carbocycles.